The zero-order valence-corrected chi connectivity index (χ0v) is 11.3. The summed E-state index contributed by atoms with van der Waals surface area (Å²) in [6.45, 7) is 2.99. The van der Waals surface area contributed by atoms with Crippen molar-refractivity contribution < 1.29 is 4.79 Å². The number of anilines is 1. The molecule has 6 heteroatoms. The van der Waals surface area contributed by atoms with Gasteiger partial charge >= 0.3 is 0 Å². The molecule has 2 aromatic heterocycles. The number of hydrogen-bond acceptors (Lipinski definition) is 5. The number of nitrogens with one attached hydrogen (secondary N) is 1. The number of pyridine rings is 2. The molecule has 0 fully saturated rings. The molecule has 0 aliphatic heterocycles. The van der Waals surface area contributed by atoms with Gasteiger partial charge in [0.15, 0.2) is 0 Å². The van der Waals surface area contributed by atoms with E-state index in [1.165, 1.54) is 6.20 Å². The van der Waals surface area contributed by atoms with Crippen molar-refractivity contribution in [3.8, 4) is 0 Å². The van der Waals surface area contributed by atoms with E-state index in [9.17, 15) is 4.79 Å². The molecule has 0 aliphatic carbocycles. The summed E-state index contributed by atoms with van der Waals surface area (Å²) in [5.74, 6) is 5.15. The summed E-state index contributed by atoms with van der Waals surface area (Å²) < 4.78 is 0. The van der Waals surface area contributed by atoms with Crippen molar-refractivity contribution in [2.24, 2.45) is 5.84 Å². The molecule has 20 heavy (non-hydrogen) atoms. The number of nitrogens with two attached hydrogens (primary N) is 1. The van der Waals surface area contributed by atoms with Crippen molar-refractivity contribution in [2.45, 2.75) is 13.5 Å². The Labute approximate surface area is 117 Å². The molecule has 1 amide bonds. The van der Waals surface area contributed by atoms with Crippen LogP contribution in [0.4, 0.5) is 5.69 Å². The first-order valence-electron chi connectivity index (χ1n) is 6.36. The van der Waals surface area contributed by atoms with Crippen LogP contribution in [0.25, 0.3) is 0 Å². The normalized spacial score (nSPS) is 10.1. The van der Waals surface area contributed by atoms with Gasteiger partial charge in [-0.2, -0.15) is 0 Å². The lowest BCUT2D eigenvalue weighted by Crippen LogP contribution is -2.31. The fraction of sp³-hybridized carbons (Fsp3) is 0.214. The van der Waals surface area contributed by atoms with Gasteiger partial charge in [-0.1, -0.05) is 6.07 Å². The summed E-state index contributed by atoms with van der Waals surface area (Å²) in [7, 11) is 0. The molecular formula is C14H17N5O. The minimum Gasteiger partial charge on any atom is -0.332 e. The van der Waals surface area contributed by atoms with E-state index in [0.29, 0.717) is 24.5 Å². The highest BCUT2D eigenvalue weighted by atomic mass is 16.2. The minimum absolute atomic E-state index is 0.123. The van der Waals surface area contributed by atoms with Crippen molar-refractivity contribution in [3.63, 3.8) is 0 Å². The molecule has 6 nitrogen and oxygen atoms in total. The number of nitrogens with zero attached hydrogens (tertiary/aromatic N) is 3. The van der Waals surface area contributed by atoms with Crippen molar-refractivity contribution in [1.29, 1.82) is 0 Å². The van der Waals surface area contributed by atoms with Crippen LogP contribution < -0.4 is 11.3 Å². The maximum Gasteiger partial charge on any atom is 0.272 e. The number of carbonyl (C=O) groups excluding carboxylic acids is 1. The summed E-state index contributed by atoms with van der Waals surface area (Å²) in [4.78, 5) is 22.4. The molecule has 3 N–H and O–H groups in total. The molecule has 0 aliphatic rings. The van der Waals surface area contributed by atoms with Gasteiger partial charge in [0.25, 0.3) is 5.91 Å². The lowest BCUT2D eigenvalue weighted by atomic mass is 10.2. The van der Waals surface area contributed by atoms with E-state index < -0.39 is 0 Å². The first kappa shape index (κ1) is 14.0. The van der Waals surface area contributed by atoms with Gasteiger partial charge in [0.05, 0.1) is 24.1 Å². The zero-order chi connectivity index (χ0) is 14.4. The molecule has 0 atom stereocenters. The number of rotatable bonds is 5. The summed E-state index contributed by atoms with van der Waals surface area (Å²) in [6, 6.07) is 9.01. The van der Waals surface area contributed by atoms with Gasteiger partial charge in [-0.05, 0) is 31.2 Å². The number of hydrogen-bond donors (Lipinski definition) is 2. The second kappa shape index (κ2) is 6.63. The van der Waals surface area contributed by atoms with Crippen molar-refractivity contribution in [3.05, 3.63) is 54.1 Å². The second-order valence-electron chi connectivity index (χ2n) is 4.22. The first-order valence-corrected chi connectivity index (χ1v) is 6.36. The summed E-state index contributed by atoms with van der Waals surface area (Å²) in [5, 5.41) is 0. The van der Waals surface area contributed by atoms with E-state index in [1.54, 1.807) is 23.2 Å². The van der Waals surface area contributed by atoms with Gasteiger partial charge < -0.3 is 10.3 Å². The van der Waals surface area contributed by atoms with E-state index in [4.69, 9.17) is 5.84 Å². The molecule has 0 spiro atoms. The molecule has 0 radical (unpaired) electrons. The predicted octanol–water partition coefficient (Wildman–Crippen LogP) is 1.42. The largest absolute Gasteiger partial charge is 0.332 e. The molecule has 2 heterocycles. The van der Waals surface area contributed by atoms with E-state index in [1.807, 2.05) is 25.1 Å². The third-order valence-corrected chi connectivity index (χ3v) is 2.90. The van der Waals surface area contributed by atoms with Gasteiger partial charge in [0.1, 0.15) is 5.69 Å². The molecule has 0 saturated heterocycles. The number of aromatic nitrogens is 2. The van der Waals surface area contributed by atoms with Gasteiger partial charge in [0, 0.05) is 12.7 Å². The van der Waals surface area contributed by atoms with Crippen LogP contribution in [0.15, 0.2) is 42.7 Å². The fourth-order valence-electron chi connectivity index (χ4n) is 1.78. The number of hydrazine groups is 1. The van der Waals surface area contributed by atoms with Crippen molar-refractivity contribution >= 4 is 11.6 Å². The molecule has 104 valence electrons. The Kier molecular flexibility index (Phi) is 4.62. The van der Waals surface area contributed by atoms with Crippen LogP contribution in [0.2, 0.25) is 0 Å². The maximum atomic E-state index is 12.4. The maximum absolute atomic E-state index is 12.4. The average Bonchev–Trinajstić information content (AvgIpc) is 2.53. The van der Waals surface area contributed by atoms with Crippen LogP contribution in [-0.4, -0.2) is 27.3 Å². The smallest absolute Gasteiger partial charge is 0.272 e. The highest BCUT2D eigenvalue weighted by Gasteiger charge is 2.16. The monoisotopic (exact) mass is 271 g/mol. The van der Waals surface area contributed by atoms with Gasteiger partial charge in [-0.25, -0.2) is 4.98 Å². The molecule has 0 aromatic carbocycles. The van der Waals surface area contributed by atoms with Crippen LogP contribution in [-0.2, 0) is 6.54 Å². The average molecular weight is 271 g/mol. The van der Waals surface area contributed by atoms with Crippen LogP contribution in [0.1, 0.15) is 23.1 Å². The van der Waals surface area contributed by atoms with E-state index in [-0.39, 0.29) is 5.91 Å². The van der Waals surface area contributed by atoms with Crippen LogP contribution in [0.5, 0.6) is 0 Å². The SMILES string of the molecule is CCN(Cc1ccccn1)C(=O)c1ccc(NN)cn1. The molecule has 0 bridgehead atoms. The Hall–Kier alpha value is -2.47. The highest BCUT2D eigenvalue weighted by Crippen LogP contribution is 2.09. The molecule has 2 rings (SSSR count). The third kappa shape index (κ3) is 3.30. The van der Waals surface area contributed by atoms with Gasteiger partial charge in [-0.3, -0.25) is 15.6 Å². The Morgan fingerprint density at radius 1 is 1.30 bits per heavy atom. The Morgan fingerprint density at radius 2 is 2.15 bits per heavy atom. The first-order chi connectivity index (χ1) is 9.74. The predicted molar refractivity (Wildman–Crippen MR) is 76.7 cm³/mol. The van der Waals surface area contributed by atoms with Crippen molar-refractivity contribution in [1.82, 2.24) is 14.9 Å². The Balaban J connectivity index is 2.12. The Morgan fingerprint density at radius 3 is 2.70 bits per heavy atom. The van der Waals surface area contributed by atoms with E-state index in [2.05, 4.69) is 15.4 Å². The standard InChI is InChI=1S/C14H17N5O/c1-2-19(10-12-5-3-4-8-16-12)14(20)13-7-6-11(18-15)9-17-13/h3-9,18H,2,10,15H2,1H3. The number of carbonyl (C=O) groups is 1. The van der Waals surface area contributed by atoms with E-state index >= 15 is 0 Å². The van der Waals surface area contributed by atoms with Gasteiger partial charge in [-0.15, -0.1) is 0 Å². The lowest BCUT2D eigenvalue weighted by Gasteiger charge is -2.20. The second-order valence-corrected chi connectivity index (χ2v) is 4.22. The number of nitrogen functional groups attached to an aromatic ring is 1. The molecule has 0 unspecified atom stereocenters. The minimum atomic E-state index is -0.123. The van der Waals surface area contributed by atoms with Gasteiger partial charge in [0.2, 0.25) is 0 Å². The third-order valence-electron chi connectivity index (χ3n) is 2.90. The topological polar surface area (TPSA) is 84.1 Å². The fourth-order valence-corrected chi connectivity index (χ4v) is 1.78. The number of amides is 1. The summed E-state index contributed by atoms with van der Waals surface area (Å²) in [5.41, 5.74) is 4.38. The molecule has 0 saturated carbocycles. The highest BCUT2D eigenvalue weighted by molar-refractivity contribution is 5.92. The zero-order valence-electron chi connectivity index (χ0n) is 11.3. The quantitative estimate of drug-likeness (QED) is 0.634. The lowest BCUT2D eigenvalue weighted by molar-refractivity contribution is 0.0744. The van der Waals surface area contributed by atoms with Crippen LogP contribution in [0, 0.1) is 0 Å². The van der Waals surface area contributed by atoms with E-state index in [0.717, 1.165) is 5.69 Å². The Bertz CT molecular complexity index is 556. The molecule has 2 aromatic rings. The van der Waals surface area contributed by atoms with Crippen LogP contribution in [0.3, 0.4) is 0 Å². The van der Waals surface area contributed by atoms with Crippen molar-refractivity contribution in [2.75, 3.05) is 12.0 Å². The summed E-state index contributed by atoms with van der Waals surface area (Å²) in [6.07, 6.45) is 3.25. The summed E-state index contributed by atoms with van der Waals surface area (Å²) >= 11 is 0. The molecular weight excluding hydrogens is 254 g/mol. The van der Waals surface area contributed by atoms with Crippen LogP contribution >= 0.6 is 0 Å².